The third-order valence-electron chi connectivity index (χ3n) is 1.65. The average Bonchev–Trinajstić information content (AvgIpc) is 2.32. The van der Waals surface area contributed by atoms with Crippen LogP contribution in [0, 0.1) is 0 Å². The van der Waals surface area contributed by atoms with Crippen LogP contribution in [0.15, 0.2) is 30.3 Å². The van der Waals surface area contributed by atoms with Crippen molar-refractivity contribution in [2.24, 2.45) is 0 Å². The van der Waals surface area contributed by atoms with Crippen LogP contribution in [0.3, 0.4) is 0 Å². The number of rotatable bonds is 5. The van der Waals surface area contributed by atoms with Crippen molar-refractivity contribution in [1.82, 2.24) is 0 Å². The summed E-state index contributed by atoms with van der Waals surface area (Å²) in [4.78, 5) is 29.2. The zero-order valence-electron chi connectivity index (χ0n) is 9.80. The monoisotopic (exact) mass is 244 g/mol. The molecule has 1 aromatic carbocycles. The maximum Gasteiger partial charge on any atom is 1.00 e. The van der Waals surface area contributed by atoms with Gasteiger partial charge in [-0.15, -0.1) is 0 Å². The molecule has 0 heterocycles. The Hall–Kier alpha value is -0.970. The minimum absolute atomic E-state index is 0. The number of carbonyl (C=O) groups excluding carboxylic acids is 3. The SMILES string of the molecule is O=C([O-])c1ccccc1.O=CCCCC=O.[Na+]. The van der Waals surface area contributed by atoms with Gasteiger partial charge in [0.15, 0.2) is 0 Å². The van der Waals surface area contributed by atoms with Crippen LogP contribution in [0.5, 0.6) is 0 Å². The topological polar surface area (TPSA) is 74.3 Å². The first-order valence-corrected chi connectivity index (χ1v) is 4.86. The Balaban J connectivity index is 0. The molecule has 1 rings (SSSR count). The first-order chi connectivity index (χ1) is 7.72. The van der Waals surface area contributed by atoms with E-state index in [9.17, 15) is 19.5 Å². The van der Waals surface area contributed by atoms with Crippen LogP contribution < -0.4 is 34.7 Å². The van der Waals surface area contributed by atoms with Crippen LogP contribution in [0.25, 0.3) is 0 Å². The van der Waals surface area contributed by atoms with E-state index >= 15 is 0 Å². The van der Waals surface area contributed by atoms with Crippen molar-refractivity contribution < 1.29 is 49.0 Å². The first kappa shape index (κ1) is 18.4. The Morgan fingerprint density at radius 2 is 1.53 bits per heavy atom. The Bertz CT molecular complexity index is 317. The molecule has 4 nitrogen and oxygen atoms in total. The van der Waals surface area contributed by atoms with E-state index in [2.05, 4.69) is 0 Å². The fourth-order valence-electron chi connectivity index (χ4n) is 0.859. The van der Waals surface area contributed by atoms with Crippen molar-refractivity contribution in [1.29, 1.82) is 0 Å². The maximum absolute atomic E-state index is 10.1. The Morgan fingerprint density at radius 1 is 1.06 bits per heavy atom. The van der Waals surface area contributed by atoms with E-state index in [1.165, 1.54) is 12.1 Å². The number of carboxylic acids is 1. The molecule has 0 aromatic heterocycles. The molecule has 0 N–H and O–H groups in total. The van der Waals surface area contributed by atoms with Crippen LogP contribution >= 0.6 is 0 Å². The zero-order valence-corrected chi connectivity index (χ0v) is 11.8. The Morgan fingerprint density at radius 3 is 1.82 bits per heavy atom. The quantitative estimate of drug-likeness (QED) is 0.329. The van der Waals surface area contributed by atoms with Gasteiger partial charge in [-0.1, -0.05) is 30.3 Å². The first-order valence-electron chi connectivity index (χ1n) is 4.86. The summed E-state index contributed by atoms with van der Waals surface area (Å²) in [5.74, 6) is -1.13. The van der Waals surface area contributed by atoms with Crippen LogP contribution in [-0.2, 0) is 9.59 Å². The summed E-state index contributed by atoms with van der Waals surface area (Å²) in [5, 5.41) is 10.1. The number of hydrogen-bond acceptors (Lipinski definition) is 4. The van der Waals surface area contributed by atoms with E-state index in [0.717, 1.165) is 12.6 Å². The minimum atomic E-state index is -1.13. The summed E-state index contributed by atoms with van der Waals surface area (Å²) >= 11 is 0. The minimum Gasteiger partial charge on any atom is -0.545 e. The van der Waals surface area contributed by atoms with Gasteiger partial charge in [-0.25, -0.2) is 0 Å². The number of carbonyl (C=O) groups is 3. The summed E-state index contributed by atoms with van der Waals surface area (Å²) < 4.78 is 0. The molecule has 0 saturated carbocycles. The second-order valence-corrected chi connectivity index (χ2v) is 2.92. The molecule has 0 aliphatic carbocycles. The summed E-state index contributed by atoms with van der Waals surface area (Å²) in [7, 11) is 0. The molecular weight excluding hydrogens is 231 g/mol. The van der Waals surface area contributed by atoms with Crippen LogP contribution in [0.4, 0.5) is 0 Å². The van der Waals surface area contributed by atoms with Gasteiger partial charge in [0.25, 0.3) is 0 Å². The fourth-order valence-corrected chi connectivity index (χ4v) is 0.859. The van der Waals surface area contributed by atoms with Crippen LogP contribution in [0.2, 0.25) is 0 Å². The van der Waals surface area contributed by atoms with Gasteiger partial charge in [0.05, 0.1) is 5.97 Å². The third kappa shape index (κ3) is 11.3. The molecule has 0 saturated heterocycles. The van der Waals surface area contributed by atoms with Crippen molar-refractivity contribution >= 4 is 18.5 Å². The molecule has 0 fully saturated rings. The van der Waals surface area contributed by atoms with Crippen molar-refractivity contribution in [2.75, 3.05) is 0 Å². The second kappa shape index (κ2) is 13.1. The molecule has 0 radical (unpaired) electrons. The van der Waals surface area contributed by atoms with Gasteiger partial charge in [-0.05, 0) is 12.0 Å². The van der Waals surface area contributed by atoms with E-state index in [1.54, 1.807) is 18.2 Å². The van der Waals surface area contributed by atoms with E-state index in [-0.39, 0.29) is 35.1 Å². The predicted octanol–water partition coefficient (Wildman–Crippen LogP) is -2.39. The van der Waals surface area contributed by atoms with Crippen LogP contribution in [-0.4, -0.2) is 18.5 Å². The number of aromatic carboxylic acids is 1. The van der Waals surface area contributed by atoms with Gasteiger partial charge >= 0.3 is 29.6 Å². The molecule has 0 spiro atoms. The summed E-state index contributed by atoms with van der Waals surface area (Å²) in [6.07, 6.45) is 3.37. The maximum atomic E-state index is 10.1. The number of hydrogen-bond donors (Lipinski definition) is 0. The summed E-state index contributed by atoms with van der Waals surface area (Å²) in [5.41, 5.74) is 0.220. The molecular formula is C12H13NaO4. The summed E-state index contributed by atoms with van der Waals surface area (Å²) in [6.45, 7) is 0. The zero-order chi connectivity index (χ0) is 12.2. The van der Waals surface area contributed by atoms with Gasteiger partial charge in [0.1, 0.15) is 12.6 Å². The molecule has 1 aromatic rings. The molecule has 0 amide bonds. The molecule has 0 bridgehead atoms. The fraction of sp³-hybridized carbons (Fsp3) is 0.250. The molecule has 5 heteroatoms. The molecule has 86 valence electrons. The standard InChI is InChI=1S/C7H6O2.C5H8O2.Na/c8-7(9)6-4-2-1-3-5-6;6-4-2-1-3-5-7;/h1-5H,(H,8,9);4-5H,1-3H2;/q;;+1/p-1. The number of aldehydes is 2. The van der Waals surface area contributed by atoms with Gasteiger partial charge in [0, 0.05) is 12.8 Å². The Kier molecular flexibility index (Phi) is 14.2. The van der Waals surface area contributed by atoms with E-state index in [4.69, 9.17) is 0 Å². The molecule has 0 atom stereocenters. The van der Waals surface area contributed by atoms with E-state index < -0.39 is 5.97 Å². The van der Waals surface area contributed by atoms with E-state index in [1.807, 2.05) is 0 Å². The van der Waals surface area contributed by atoms with Crippen molar-refractivity contribution in [2.45, 2.75) is 19.3 Å². The molecule has 0 aliphatic rings. The van der Waals surface area contributed by atoms with Crippen molar-refractivity contribution in [3.63, 3.8) is 0 Å². The van der Waals surface area contributed by atoms with Crippen LogP contribution in [0.1, 0.15) is 29.6 Å². The van der Waals surface area contributed by atoms with Gasteiger partial charge < -0.3 is 19.5 Å². The molecule has 17 heavy (non-hydrogen) atoms. The Labute approximate surface area is 122 Å². The predicted molar refractivity (Wildman–Crippen MR) is 56.8 cm³/mol. The molecule has 0 unspecified atom stereocenters. The number of benzene rings is 1. The normalized spacial score (nSPS) is 8.00. The van der Waals surface area contributed by atoms with Crippen molar-refractivity contribution in [3.8, 4) is 0 Å². The van der Waals surface area contributed by atoms with Crippen molar-refractivity contribution in [3.05, 3.63) is 35.9 Å². The molecule has 0 aliphatic heterocycles. The average molecular weight is 244 g/mol. The number of unbranched alkanes of at least 4 members (excludes halogenated alkanes) is 2. The van der Waals surface area contributed by atoms with E-state index in [0.29, 0.717) is 19.3 Å². The third-order valence-corrected chi connectivity index (χ3v) is 1.65. The van der Waals surface area contributed by atoms with Gasteiger partial charge in [-0.2, -0.15) is 0 Å². The van der Waals surface area contributed by atoms with Gasteiger partial charge in [0.2, 0.25) is 0 Å². The van der Waals surface area contributed by atoms with Gasteiger partial charge in [-0.3, -0.25) is 0 Å². The number of carboxylic acid groups (broad SMARTS) is 1. The second-order valence-electron chi connectivity index (χ2n) is 2.92. The smallest absolute Gasteiger partial charge is 0.545 e. The largest absolute Gasteiger partial charge is 1.00 e. The summed E-state index contributed by atoms with van der Waals surface area (Å²) in [6, 6.07) is 8.06.